The fourth-order valence-corrected chi connectivity index (χ4v) is 4.43. The Labute approximate surface area is 198 Å². The molecule has 4 rings (SSSR count). The van der Waals surface area contributed by atoms with Gasteiger partial charge in [0.1, 0.15) is 0 Å². The SMILES string of the molecule is CC(C)CC1c2ccc(C(=O)Nc3cnn(Cc4cccc(C#N)c4)c3)cc2CCN1C(=O)O. The smallest absolute Gasteiger partial charge is 0.407 e. The van der Waals surface area contributed by atoms with Crippen molar-refractivity contribution >= 4 is 17.7 Å². The van der Waals surface area contributed by atoms with Gasteiger partial charge in [0.25, 0.3) is 5.91 Å². The molecule has 0 spiro atoms. The van der Waals surface area contributed by atoms with Crippen LogP contribution in [0.15, 0.2) is 54.9 Å². The van der Waals surface area contributed by atoms with Gasteiger partial charge in [-0.3, -0.25) is 9.48 Å². The van der Waals surface area contributed by atoms with Gasteiger partial charge in [0, 0.05) is 18.3 Å². The number of carbonyl (C=O) groups excluding carboxylic acids is 1. The van der Waals surface area contributed by atoms with Gasteiger partial charge in [-0.2, -0.15) is 10.4 Å². The highest BCUT2D eigenvalue weighted by Crippen LogP contribution is 2.35. The van der Waals surface area contributed by atoms with Gasteiger partial charge in [-0.25, -0.2) is 4.79 Å². The molecule has 1 aromatic heterocycles. The van der Waals surface area contributed by atoms with E-state index in [-0.39, 0.29) is 11.9 Å². The van der Waals surface area contributed by atoms with Crippen LogP contribution in [0.5, 0.6) is 0 Å². The summed E-state index contributed by atoms with van der Waals surface area (Å²) in [4.78, 5) is 26.1. The molecule has 2 heterocycles. The molecule has 0 fully saturated rings. The van der Waals surface area contributed by atoms with Crippen molar-refractivity contribution < 1.29 is 14.7 Å². The number of carbonyl (C=O) groups is 2. The lowest BCUT2D eigenvalue weighted by Gasteiger charge is -2.36. The molecule has 8 heteroatoms. The zero-order valence-electron chi connectivity index (χ0n) is 19.2. The summed E-state index contributed by atoms with van der Waals surface area (Å²) >= 11 is 0. The number of benzene rings is 2. The van der Waals surface area contributed by atoms with Crippen LogP contribution in [-0.4, -0.2) is 38.3 Å². The monoisotopic (exact) mass is 457 g/mol. The topological polar surface area (TPSA) is 111 Å². The molecule has 8 nitrogen and oxygen atoms in total. The molecule has 1 aliphatic heterocycles. The zero-order valence-corrected chi connectivity index (χ0v) is 19.2. The molecule has 1 aliphatic rings. The highest BCUT2D eigenvalue weighted by molar-refractivity contribution is 6.04. The molecular weight excluding hydrogens is 430 g/mol. The van der Waals surface area contributed by atoms with Crippen molar-refractivity contribution in [3.63, 3.8) is 0 Å². The summed E-state index contributed by atoms with van der Waals surface area (Å²) in [5.41, 5.74) is 4.64. The predicted molar refractivity (Wildman–Crippen MR) is 128 cm³/mol. The predicted octanol–water partition coefficient (Wildman–Crippen LogP) is 4.68. The molecule has 1 unspecified atom stereocenters. The van der Waals surface area contributed by atoms with Crippen molar-refractivity contribution in [1.82, 2.24) is 14.7 Å². The summed E-state index contributed by atoms with van der Waals surface area (Å²) in [5, 5.41) is 25.9. The highest BCUT2D eigenvalue weighted by atomic mass is 16.4. The lowest BCUT2D eigenvalue weighted by molar-refractivity contribution is 0.102. The third kappa shape index (κ3) is 5.09. The Morgan fingerprint density at radius 3 is 2.82 bits per heavy atom. The van der Waals surface area contributed by atoms with Crippen molar-refractivity contribution in [2.24, 2.45) is 5.92 Å². The molecule has 174 valence electrons. The second-order valence-corrected chi connectivity index (χ2v) is 8.98. The van der Waals surface area contributed by atoms with Crippen LogP contribution in [-0.2, 0) is 13.0 Å². The number of hydrogen-bond donors (Lipinski definition) is 2. The number of fused-ring (bicyclic) bond motifs is 1. The van der Waals surface area contributed by atoms with E-state index in [1.165, 1.54) is 4.90 Å². The van der Waals surface area contributed by atoms with E-state index in [1.54, 1.807) is 29.2 Å². The average molecular weight is 458 g/mol. The molecule has 0 saturated carbocycles. The van der Waals surface area contributed by atoms with E-state index in [0.717, 1.165) is 23.1 Å². The van der Waals surface area contributed by atoms with Crippen LogP contribution in [0.2, 0.25) is 0 Å². The number of amides is 2. The molecule has 2 N–H and O–H groups in total. The van der Waals surface area contributed by atoms with E-state index < -0.39 is 6.09 Å². The van der Waals surface area contributed by atoms with Crippen molar-refractivity contribution in [2.75, 3.05) is 11.9 Å². The zero-order chi connectivity index (χ0) is 24.2. The Morgan fingerprint density at radius 2 is 2.09 bits per heavy atom. The van der Waals surface area contributed by atoms with Gasteiger partial charge in [-0.05, 0) is 59.7 Å². The number of hydrogen-bond acceptors (Lipinski definition) is 4. The Bertz CT molecular complexity index is 1260. The van der Waals surface area contributed by atoms with Crippen molar-refractivity contribution in [3.8, 4) is 6.07 Å². The number of nitrogens with zero attached hydrogens (tertiary/aromatic N) is 4. The van der Waals surface area contributed by atoms with E-state index in [1.807, 2.05) is 30.3 Å². The summed E-state index contributed by atoms with van der Waals surface area (Å²) in [6.45, 7) is 5.07. The van der Waals surface area contributed by atoms with Crippen LogP contribution >= 0.6 is 0 Å². The lowest BCUT2D eigenvalue weighted by Crippen LogP contribution is -2.39. The van der Waals surface area contributed by atoms with Gasteiger partial charge >= 0.3 is 6.09 Å². The van der Waals surface area contributed by atoms with Gasteiger partial charge in [-0.15, -0.1) is 0 Å². The molecule has 2 amide bonds. The molecule has 0 bridgehead atoms. The molecule has 0 saturated heterocycles. The van der Waals surface area contributed by atoms with E-state index in [4.69, 9.17) is 5.26 Å². The highest BCUT2D eigenvalue weighted by Gasteiger charge is 2.31. The number of anilines is 1. The normalized spacial score (nSPS) is 15.0. The first-order chi connectivity index (χ1) is 16.3. The first-order valence-corrected chi connectivity index (χ1v) is 11.3. The first-order valence-electron chi connectivity index (χ1n) is 11.3. The van der Waals surface area contributed by atoms with E-state index in [0.29, 0.717) is 42.2 Å². The average Bonchev–Trinajstić information content (AvgIpc) is 3.24. The lowest BCUT2D eigenvalue weighted by atomic mass is 9.87. The van der Waals surface area contributed by atoms with Crippen LogP contribution in [0.1, 0.15) is 58.9 Å². The maximum absolute atomic E-state index is 12.9. The molecule has 2 aromatic carbocycles. The maximum atomic E-state index is 12.9. The largest absolute Gasteiger partial charge is 0.465 e. The van der Waals surface area contributed by atoms with Crippen molar-refractivity contribution in [2.45, 2.75) is 39.3 Å². The van der Waals surface area contributed by atoms with Gasteiger partial charge in [0.15, 0.2) is 0 Å². The van der Waals surface area contributed by atoms with Gasteiger partial charge in [0.05, 0.1) is 36.1 Å². The molecule has 0 radical (unpaired) electrons. The van der Waals surface area contributed by atoms with Crippen LogP contribution in [0.25, 0.3) is 0 Å². The quantitative estimate of drug-likeness (QED) is 0.558. The Balaban J connectivity index is 1.47. The van der Waals surface area contributed by atoms with Gasteiger partial charge < -0.3 is 15.3 Å². The van der Waals surface area contributed by atoms with E-state index in [2.05, 4.69) is 30.3 Å². The number of aromatic nitrogens is 2. The molecule has 34 heavy (non-hydrogen) atoms. The van der Waals surface area contributed by atoms with Crippen molar-refractivity contribution in [1.29, 1.82) is 5.26 Å². The Kier molecular flexibility index (Phi) is 6.64. The fourth-order valence-electron chi connectivity index (χ4n) is 4.43. The number of nitrogens with one attached hydrogen (secondary N) is 1. The molecule has 1 atom stereocenters. The van der Waals surface area contributed by atoms with Gasteiger partial charge in [-0.1, -0.05) is 32.0 Å². The first kappa shape index (κ1) is 23.1. The van der Waals surface area contributed by atoms with Crippen LogP contribution in [0.3, 0.4) is 0 Å². The van der Waals surface area contributed by atoms with Crippen molar-refractivity contribution in [3.05, 3.63) is 82.7 Å². The summed E-state index contributed by atoms with van der Waals surface area (Å²) < 4.78 is 1.70. The number of nitriles is 1. The second kappa shape index (κ2) is 9.79. The Hall–Kier alpha value is -4.12. The summed E-state index contributed by atoms with van der Waals surface area (Å²) in [5.74, 6) is 0.106. The molecule has 3 aromatic rings. The number of carboxylic acid groups (broad SMARTS) is 1. The minimum Gasteiger partial charge on any atom is -0.465 e. The maximum Gasteiger partial charge on any atom is 0.407 e. The second-order valence-electron chi connectivity index (χ2n) is 8.98. The molecular formula is C26H27N5O3. The summed E-state index contributed by atoms with van der Waals surface area (Å²) in [6, 6.07) is 14.8. The fraction of sp³-hybridized carbons (Fsp3) is 0.308. The van der Waals surface area contributed by atoms with Gasteiger partial charge in [0.2, 0.25) is 0 Å². The van der Waals surface area contributed by atoms with Crippen LogP contribution in [0.4, 0.5) is 10.5 Å². The standard InChI is InChI=1S/C26H27N5O3/c1-17(2)10-24-23-7-6-21(12-20(23)8-9-31(24)26(33)34)25(32)29-22-14-28-30(16-22)15-19-5-3-4-18(11-19)13-27/h3-7,11-12,14,16-17,24H,8-10,15H2,1-2H3,(H,29,32)(H,33,34). The minimum atomic E-state index is -0.908. The van der Waals surface area contributed by atoms with Crippen LogP contribution in [0, 0.1) is 17.2 Å². The Morgan fingerprint density at radius 1 is 1.26 bits per heavy atom. The van der Waals surface area contributed by atoms with E-state index >= 15 is 0 Å². The summed E-state index contributed by atoms with van der Waals surface area (Å²) in [6.07, 6.45) is 3.75. The molecule has 0 aliphatic carbocycles. The van der Waals surface area contributed by atoms with E-state index in [9.17, 15) is 14.7 Å². The third-order valence-electron chi connectivity index (χ3n) is 5.99. The number of rotatable bonds is 6. The third-order valence-corrected chi connectivity index (χ3v) is 5.99. The minimum absolute atomic E-state index is 0.198. The summed E-state index contributed by atoms with van der Waals surface area (Å²) in [7, 11) is 0. The van der Waals surface area contributed by atoms with Crippen LogP contribution < -0.4 is 5.32 Å².